The second kappa shape index (κ2) is 1.91. The highest BCUT2D eigenvalue weighted by Crippen LogP contribution is 2.71. The first kappa shape index (κ1) is 6.45. The number of hydrogen-bond donors (Lipinski definition) is 0. The van der Waals surface area contributed by atoms with Crippen LogP contribution in [-0.4, -0.2) is 0 Å². The van der Waals surface area contributed by atoms with Crippen LogP contribution >= 0.6 is 0 Å². The van der Waals surface area contributed by atoms with Gasteiger partial charge in [-0.05, 0) is 61.2 Å². The summed E-state index contributed by atoms with van der Waals surface area (Å²) in [6, 6.07) is 0. The van der Waals surface area contributed by atoms with E-state index in [-0.39, 0.29) is 0 Å². The highest BCUT2D eigenvalue weighted by atomic mass is 14.7. The normalized spacial score (nSPS) is 66.0. The molecule has 4 aliphatic carbocycles. The minimum Gasteiger partial charge on any atom is -0.0530 e. The molecule has 0 radical (unpaired) electrons. The molecular formula is C12H18. The molecule has 4 aliphatic rings. The van der Waals surface area contributed by atoms with E-state index in [1.807, 2.05) is 0 Å². The van der Waals surface area contributed by atoms with Gasteiger partial charge in [0, 0.05) is 0 Å². The number of hydrogen-bond acceptors (Lipinski definition) is 0. The van der Waals surface area contributed by atoms with Crippen molar-refractivity contribution in [2.45, 2.75) is 38.5 Å². The lowest BCUT2D eigenvalue weighted by Gasteiger charge is -2.53. The maximum Gasteiger partial charge on any atom is -0.0321 e. The predicted octanol–water partition coefficient (Wildman–Crippen LogP) is 3.08. The van der Waals surface area contributed by atoms with Gasteiger partial charge in [0.25, 0.3) is 0 Å². The molecule has 0 N–H and O–H groups in total. The maximum absolute atomic E-state index is 1.65. The monoisotopic (exact) mass is 162 g/mol. The SMILES string of the molecule is C1CCC2C(C1)C1CC3CC3C21. The zero-order valence-corrected chi connectivity index (χ0v) is 7.71. The summed E-state index contributed by atoms with van der Waals surface area (Å²) >= 11 is 0. The Balaban J connectivity index is 1.63. The third kappa shape index (κ3) is 0.592. The highest BCUT2D eigenvalue weighted by molar-refractivity contribution is 5.13. The minimum atomic E-state index is 1.22. The lowest BCUT2D eigenvalue weighted by atomic mass is 9.52. The largest absolute Gasteiger partial charge is 0.0530 e. The molecule has 0 aromatic heterocycles. The molecule has 6 atom stereocenters. The minimum absolute atomic E-state index is 1.22. The van der Waals surface area contributed by atoms with Gasteiger partial charge in [0.2, 0.25) is 0 Å². The van der Waals surface area contributed by atoms with Crippen molar-refractivity contribution in [1.82, 2.24) is 0 Å². The van der Waals surface area contributed by atoms with Crippen molar-refractivity contribution in [3.63, 3.8) is 0 Å². The smallest absolute Gasteiger partial charge is 0.0321 e. The molecule has 0 aromatic carbocycles. The van der Waals surface area contributed by atoms with Gasteiger partial charge in [0.05, 0.1) is 0 Å². The molecule has 12 heavy (non-hydrogen) atoms. The second-order valence-electron chi connectivity index (χ2n) is 5.75. The number of fused-ring (bicyclic) bond motifs is 6. The molecule has 4 rings (SSSR count). The summed E-state index contributed by atoms with van der Waals surface area (Å²) in [4.78, 5) is 0. The first-order valence-corrected chi connectivity index (χ1v) is 5.95. The molecule has 4 saturated carbocycles. The summed E-state index contributed by atoms with van der Waals surface area (Å²) in [7, 11) is 0. The molecule has 6 unspecified atom stereocenters. The van der Waals surface area contributed by atoms with Crippen molar-refractivity contribution in [3.8, 4) is 0 Å². The Kier molecular flexibility index (Phi) is 1.03. The molecule has 0 aliphatic heterocycles. The van der Waals surface area contributed by atoms with E-state index in [2.05, 4.69) is 0 Å². The Labute approximate surface area is 74.7 Å². The molecule has 0 nitrogen and oxygen atoms in total. The van der Waals surface area contributed by atoms with Crippen LogP contribution in [0.3, 0.4) is 0 Å². The second-order valence-corrected chi connectivity index (χ2v) is 5.75. The van der Waals surface area contributed by atoms with Crippen LogP contribution in [0.2, 0.25) is 0 Å². The van der Waals surface area contributed by atoms with Gasteiger partial charge in [-0.15, -0.1) is 0 Å². The molecule has 0 heteroatoms. The van der Waals surface area contributed by atoms with Crippen LogP contribution < -0.4 is 0 Å². The molecule has 0 aromatic rings. The molecule has 4 fully saturated rings. The predicted molar refractivity (Wildman–Crippen MR) is 48.6 cm³/mol. The highest BCUT2D eigenvalue weighted by Gasteiger charge is 2.64. The van der Waals surface area contributed by atoms with Crippen LogP contribution in [0.5, 0.6) is 0 Å². The quantitative estimate of drug-likeness (QED) is 0.513. The van der Waals surface area contributed by atoms with E-state index in [0.717, 1.165) is 0 Å². The van der Waals surface area contributed by atoms with Crippen molar-refractivity contribution >= 4 is 0 Å². The zero-order chi connectivity index (χ0) is 7.71. The van der Waals surface area contributed by atoms with E-state index in [4.69, 9.17) is 0 Å². The van der Waals surface area contributed by atoms with Crippen LogP contribution in [0.15, 0.2) is 0 Å². The molecule has 0 heterocycles. The van der Waals surface area contributed by atoms with E-state index in [1.54, 1.807) is 38.5 Å². The molecule has 0 saturated heterocycles. The zero-order valence-electron chi connectivity index (χ0n) is 7.71. The van der Waals surface area contributed by atoms with Crippen molar-refractivity contribution in [1.29, 1.82) is 0 Å². The van der Waals surface area contributed by atoms with Crippen LogP contribution in [0.25, 0.3) is 0 Å². The molecule has 0 amide bonds. The summed E-state index contributed by atoms with van der Waals surface area (Å²) in [6.07, 6.45) is 9.60. The lowest BCUT2D eigenvalue weighted by Crippen LogP contribution is -2.47. The molecule has 0 spiro atoms. The molecular weight excluding hydrogens is 144 g/mol. The fourth-order valence-corrected chi connectivity index (χ4v) is 4.99. The van der Waals surface area contributed by atoms with Crippen LogP contribution in [0, 0.1) is 35.5 Å². The van der Waals surface area contributed by atoms with E-state index in [1.165, 1.54) is 35.5 Å². The molecule has 0 bridgehead atoms. The van der Waals surface area contributed by atoms with Gasteiger partial charge in [0.1, 0.15) is 0 Å². The van der Waals surface area contributed by atoms with Gasteiger partial charge in [-0.2, -0.15) is 0 Å². The van der Waals surface area contributed by atoms with Crippen molar-refractivity contribution in [2.24, 2.45) is 35.5 Å². The molecule has 66 valence electrons. The standard InChI is InChI=1S/C12H18/c1-2-4-9-8(3-1)11-6-7-5-10(7)12(9)11/h7-12H,1-6H2. The van der Waals surface area contributed by atoms with Crippen LogP contribution in [0.4, 0.5) is 0 Å². The summed E-state index contributed by atoms with van der Waals surface area (Å²) in [6.45, 7) is 0. The van der Waals surface area contributed by atoms with Gasteiger partial charge in [-0.25, -0.2) is 0 Å². The summed E-state index contributed by atoms with van der Waals surface area (Å²) in [5.41, 5.74) is 0. The first-order valence-electron chi connectivity index (χ1n) is 5.95. The fourth-order valence-electron chi connectivity index (χ4n) is 4.99. The van der Waals surface area contributed by atoms with Gasteiger partial charge in [-0.3, -0.25) is 0 Å². The van der Waals surface area contributed by atoms with Gasteiger partial charge in [-0.1, -0.05) is 12.8 Å². The van der Waals surface area contributed by atoms with Crippen molar-refractivity contribution < 1.29 is 0 Å². The summed E-state index contributed by atoms with van der Waals surface area (Å²) in [5.74, 6) is 7.40. The third-order valence-corrected chi connectivity index (χ3v) is 5.46. The Bertz CT molecular complexity index is 220. The Morgan fingerprint density at radius 1 is 0.667 bits per heavy atom. The third-order valence-electron chi connectivity index (χ3n) is 5.46. The van der Waals surface area contributed by atoms with Gasteiger partial charge in [0.15, 0.2) is 0 Å². The van der Waals surface area contributed by atoms with Crippen molar-refractivity contribution in [3.05, 3.63) is 0 Å². The van der Waals surface area contributed by atoms with Crippen molar-refractivity contribution in [2.75, 3.05) is 0 Å². The Morgan fingerprint density at radius 3 is 2.33 bits per heavy atom. The Morgan fingerprint density at radius 2 is 1.42 bits per heavy atom. The first-order chi connectivity index (χ1) is 5.95. The van der Waals surface area contributed by atoms with E-state index < -0.39 is 0 Å². The Hall–Kier alpha value is 0. The maximum atomic E-state index is 1.65. The average Bonchev–Trinajstić information content (AvgIpc) is 2.76. The van der Waals surface area contributed by atoms with Gasteiger partial charge < -0.3 is 0 Å². The van der Waals surface area contributed by atoms with Crippen LogP contribution in [0.1, 0.15) is 38.5 Å². The van der Waals surface area contributed by atoms with E-state index in [9.17, 15) is 0 Å². The van der Waals surface area contributed by atoms with E-state index in [0.29, 0.717) is 0 Å². The van der Waals surface area contributed by atoms with E-state index >= 15 is 0 Å². The van der Waals surface area contributed by atoms with Crippen LogP contribution in [-0.2, 0) is 0 Å². The lowest BCUT2D eigenvalue weighted by molar-refractivity contribution is -0.0478. The average molecular weight is 162 g/mol. The summed E-state index contributed by atoms with van der Waals surface area (Å²) < 4.78 is 0. The topological polar surface area (TPSA) is 0 Å². The fraction of sp³-hybridized carbons (Fsp3) is 1.00. The number of rotatable bonds is 0. The summed E-state index contributed by atoms with van der Waals surface area (Å²) in [5, 5.41) is 0. The van der Waals surface area contributed by atoms with Gasteiger partial charge >= 0.3 is 0 Å².